The molecule has 0 aliphatic heterocycles. The Bertz CT molecular complexity index is 542. The van der Waals surface area contributed by atoms with E-state index in [2.05, 4.69) is 6.92 Å². The molecule has 1 atom stereocenters. The Labute approximate surface area is 108 Å². The van der Waals surface area contributed by atoms with E-state index in [1.54, 1.807) is 7.11 Å². The first-order valence-electron chi connectivity index (χ1n) is 6.59. The molecule has 0 heterocycles. The summed E-state index contributed by atoms with van der Waals surface area (Å²) in [5, 5.41) is 0. The molecule has 0 amide bonds. The van der Waals surface area contributed by atoms with Crippen molar-refractivity contribution in [1.82, 2.24) is 0 Å². The molecule has 0 radical (unpaired) electrons. The number of allylic oxidation sites excluding steroid dienone is 2. The van der Waals surface area contributed by atoms with Gasteiger partial charge in [0.25, 0.3) is 0 Å². The van der Waals surface area contributed by atoms with Gasteiger partial charge in [0.05, 0.1) is 7.11 Å². The van der Waals surface area contributed by atoms with Crippen molar-refractivity contribution in [3.05, 3.63) is 41.0 Å². The molecule has 1 saturated carbocycles. The normalized spacial score (nSPS) is 26.1. The van der Waals surface area contributed by atoms with Crippen LogP contribution in [0.25, 0.3) is 0 Å². The maximum atomic E-state index is 12.2. The molecule has 0 spiro atoms. The van der Waals surface area contributed by atoms with E-state index < -0.39 is 0 Å². The summed E-state index contributed by atoms with van der Waals surface area (Å²) in [5.74, 6) is 0.997. The Balaban J connectivity index is 2.20. The monoisotopic (exact) mass is 242 g/mol. The number of hydrogen-bond donors (Lipinski definition) is 0. The number of ketones is 1. The van der Waals surface area contributed by atoms with Gasteiger partial charge < -0.3 is 4.74 Å². The van der Waals surface area contributed by atoms with Gasteiger partial charge in [0.15, 0.2) is 5.78 Å². The molecule has 0 saturated heterocycles. The molecular formula is C16H18O2. The third-order valence-electron chi connectivity index (χ3n) is 4.47. The van der Waals surface area contributed by atoms with E-state index in [-0.39, 0.29) is 11.2 Å². The van der Waals surface area contributed by atoms with E-state index >= 15 is 0 Å². The summed E-state index contributed by atoms with van der Waals surface area (Å²) in [6.07, 6.45) is 6.49. The van der Waals surface area contributed by atoms with E-state index in [1.807, 2.05) is 24.3 Å². The van der Waals surface area contributed by atoms with Gasteiger partial charge in [-0.15, -0.1) is 0 Å². The van der Waals surface area contributed by atoms with Crippen molar-refractivity contribution in [3.63, 3.8) is 0 Å². The number of carbonyl (C=O) groups is 1. The van der Waals surface area contributed by atoms with Gasteiger partial charge in [-0.05, 0) is 49.1 Å². The van der Waals surface area contributed by atoms with Crippen LogP contribution in [0.3, 0.4) is 0 Å². The Kier molecular flexibility index (Phi) is 2.54. The predicted molar refractivity (Wildman–Crippen MR) is 71.2 cm³/mol. The molecule has 0 bridgehead atoms. The van der Waals surface area contributed by atoms with E-state index in [4.69, 9.17) is 4.74 Å². The smallest absolute Gasteiger partial charge is 0.186 e. The minimum atomic E-state index is 0.0377. The van der Waals surface area contributed by atoms with Crippen LogP contribution in [-0.4, -0.2) is 12.9 Å². The quantitative estimate of drug-likeness (QED) is 0.751. The molecule has 0 N–H and O–H groups in total. The number of hydrogen-bond acceptors (Lipinski definition) is 2. The van der Waals surface area contributed by atoms with Crippen molar-refractivity contribution >= 4 is 5.78 Å². The number of fused-ring (bicyclic) bond motifs is 3. The zero-order valence-electron chi connectivity index (χ0n) is 11.0. The van der Waals surface area contributed by atoms with Crippen molar-refractivity contribution in [2.75, 3.05) is 7.11 Å². The summed E-state index contributed by atoms with van der Waals surface area (Å²) in [7, 11) is 1.67. The lowest BCUT2D eigenvalue weighted by molar-refractivity contribution is 0.103. The average Bonchev–Trinajstić information content (AvgIpc) is 2.40. The summed E-state index contributed by atoms with van der Waals surface area (Å²) >= 11 is 0. The molecule has 18 heavy (non-hydrogen) atoms. The molecule has 2 nitrogen and oxygen atoms in total. The Morgan fingerprint density at radius 3 is 2.89 bits per heavy atom. The zero-order chi connectivity index (χ0) is 12.8. The molecule has 1 aromatic rings. The highest BCUT2D eigenvalue weighted by Gasteiger charge is 2.39. The van der Waals surface area contributed by atoms with E-state index in [1.165, 1.54) is 18.4 Å². The Morgan fingerprint density at radius 1 is 1.28 bits per heavy atom. The summed E-state index contributed by atoms with van der Waals surface area (Å²) < 4.78 is 5.31. The van der Waals surface area contributed by atoms with Crippen LogP contribution >= 0.6 is 0 Å². The van der Waals surface area contributed by atoms with E-state index in [0.29, 0.717) is 0 Å². The predicted octanol–water partition coefficient (Wildman–Crippen LogP) is 3.65. The maximum Gasteiger partial charge on any atom is 0.186 e. The van der Waals surface area contributed by atoms with Crippen LogP contribution in [0.4, 0.5) is 0 Å². The lowest BCUT2D eigenvalue weighted by Gasteiger charge is -2.40. The minimum absolute atomic E-state index is 0.0377. The van der Waals surface area contributed by atoms with Crippen LogP contribution in [-0.2, 0) is 5.41 Å². The number of ether oxygens (including phenoxy) is 1. The van der Waals surface area contributed by atoms with Crippen molar-refractivity contribution < 1.29 is 9.53 Å². The third kappa shape index (κ3) is 1.52. The molecule has 0 aromatic heterocycles. The molecule has 2 aliphatic carbocycles. The Morgan fingerprint density at radius 2 is 2.11 bits per heavy atom. The standard InChI is InChI=1S/C16H18O2/c1-16-8-4-3-5-11(16)9-15(17)13-7-6-12(18-2)10-14(13)16/h6-7,9-10H,3-5,8H2,1-2H3/t16-/m0/s1. The van der Waals surface area contributed by atoms with Crippen LogP contribution in [0.2, 0.25) is 0 Å². The lowest BCUT2D eigenvalue weighted by Crippen LogP contribution is -2.33. The summed E-state index contributed by atoms with van der Waals surface area (Å²) in [5.41, 5.74) is 3.35. The van der Waals surface area contributed by atoms with Gasteiger partial charge in [0.2, 0.25) is 0 Å². The van der Waals surface area contributed by atoms with E-state index in [0.717, 1.165) is 29.7 Å². The second kappa shape index (κ2) is 3.98. The van der Waals surface area contributed by atoms with Crippen LogP contribution in [0, 0.1) is 0 Å². The molecule has 1 aromatic carbocycles. The molecule has 3 rings (SSSR count). The second-order valence-corrected chi connectivity index (χ2v) is 5.48. The van der Waals surface area contributed by atoms with E-state index in [9.17, 15) is 4.79 Å². The first-order chi connectivity index (χ1) is 8.65. The summed E-state index contributed by atoms with van der Waals surface area (Å²) in [6.45, 7) is 2.27. The lowest BCUT2D eigenvalue weighted by atomic mass is 9.63. The third-order valence-corrected chi connectivity index (χ3v) is 4.47. The van der Waals surface area contributed by atoms with Gasteiger partial charge in [0.1, 0.15) is 5.75 Å². The van der Waals surface area contributed by atoms with Crippen LogP contribution in [0.5, 0.6) is 5.75 Å². The van der Waals surface area contributed by atoms with Crippen LogP contribution in [0.15, 0.2) is 29.8 Å². The highest BCUT2D eigenvalue weighted by atomic mass is 16.5. The molecular weight excluding hydrogens is 224 g/mol. The largest absolute Gasteiger partial charge is 0.497 e. The molecule has 2 heteroatoms. The molecule has 0 unspecified atom stereocenters. The van der Waals surface area contributed by atoms with Crippen molar-refractivity contribution in [2.45, 2.75) is 38.0 Å². The number of methoxy groups -OCH3 is 1. The molecule has 2 aliphatic rings. The number of rotatable bonds is 1. The van der Waals surface area contributed by atoms with Gasteiger partial charge in [-0.25, -0.2) is 0 Å². The van der Waals surface area contributed by atoms with Crippen molar-refractivity contribution in [1.29, 1.82) is 0 Å². The van der Waals surface area contributed by atoms with Gasteiger partial charge in [-0.2, -0.15) is 0 Å². The fourth-order valence-corrected chi connectivity index (χ4v) is 3.33. The van der Waals surface area contributed by atoms with Crippen molar-refractivity contribution in [3.8, 4) is 5.75 Å². The zero-order valence-corrected chi connectivity index (χ0v) is 11.0. The van der Waals surface area contributed by atoms with Gasteiger partial charge >= 0.3 is 0 Å². The molecule has 94 valence electrons. The van der Waals surface area contributed by atoms with Crippen molar-refractivity contribution in [2.24, 2.45) is 0 Å². The average molecular weight is 242 g/mol. The highest BCUT2D eigenvalue weighted by Crippen LogP contribution is 2.47. The first kappa shape index (κ1) is 11.5. The SMILES string of the molecule is COc1ccc2c(c1)[C@@]1(C)CCCCC1=CC2=O. The second-order valence-electron chi connectivity index (χ2n) is 5.48. The fraction of sp³-hybridized carbons (Fsp3) is 0.438. The van der Waals surface area contributed by atoms with Crippen LogP contribution in [0.1, 0.15) is 48.5 Å². The fourth-order valence-electron chi connectivity index (χ4n) is 3.33. The van der Waals surface area contributed by atoms with Gasteiger partial charge in [0, 0.05) is 11.0 Å². The first-order valence-corrected chi connectivity index (χ1v) is 6.59. The van der Waals surface area contributed by atoms with Gasteiger partial charge in [-0.1, -0.05) is 18.9 Å². The Hall–Kier alpha value is -1.57. The summed E-state index contributed by atoms with van der Waals surface area (Å²) in [4.78, 5) is 12.2. The number of carbonyl (C=O) groups excluding carboxylic acids is 1. The minimum Gasteiger partial charge on any atom is -0.497 e. The summed E-state index contributed by atoms with van der Waals surface area (Å²) in [6, 6.07) is 5.83. The van der Waals surface area contributed by atoms with Gasteiger partial charge in [-0.3, -0.25) is 4.79 Å². The molecule has 1 fully saturated rings. The maximum absolute atomic E-state index is 12.2. The topological polar surface area (TPSA) is 26.3 Å². The highest BCUT2D eigenvalue weighted by molar-refractivity contribution is 6.08. The van der Waals surface area contributed by atoms with Crippen LogP contribution < -0.4 is 4.74 Å². The number of benzene rings is 1.